The van der Waals surface area contributed by atoms with Crippen molar-refractivity contribution in [1.82, 2.24) is 14.8 Å². The molecule has 1 saturated heterocycles. The Morgan fingerprint density at radius 3 is 2.80 bits per heavy atom. The first-order chi connectivity index (χ1) is 12.0. The van der Waals surface area contributed by atoms with E-state index < -0.39 is 0 Å². The molecule has 1 aliphatic rings. The molecule has 2 aromatic rings. The fourth-order valence-corrected chi connectivity index (χ4v) is 3.65. The Hall–Kier alpha value is -1.86. The Balaban J connectivity index is 1.62. The number of nitrogens with zero attached hydrogens (tertiary/aromatic N) is 3. The molecule has 2 heterocycles. The summed E-state index contributed by atoms with van der Waals surface area (Å²) in [4.78, 5) is 12.5. The number of aromatic nitrogens is 3. The van der Waals surface area contributed by atoms with Crippen LogP contribution in [0.3, 0.4) is 0 Å². The van der Waals surface area contributed by atoms with Gasteiger partial charge in [-0.3, -0.25) is 4.79 Å². The van der Waals surface area contributed by atoms with Crippen molar-refractivity contribution in [1.29, 1.82) is 0 Å². The third-order valence-corrected chi connectivity index (χ3v) is 5.36. The topological polar surface area (TPSA) is 69.0 Å². The number of nitrogens with one attached hydrogen (secondary N) is 1. The summed E-state index contributed by atoms with van der Waals surface area (Å²) >= 11 is 1.43. The summed E-state index contributed by atoms with van der Waals surface area (Å²) in [7, 11) is 0. The molecule has 1 N–H and O–H groups in total. The highest BCUT2D eigenvalue weighted by molar-refractivity contribution is 8.00. The third-order valence-electron chi connectivity index (χ3n) is 4.28. The number of hydrogen-bond donors (Lipinski definition) is 1. The first-order valence-electron chi connectivity index (χ1n) is 8.58. The number of rotatable bonds is 6. The Bertz CT molecular complexity index is 723. The molecule has 1 aromatic carbocycles. The van der Waals surface area contributed by atoms with Gasteiger partial charge in [-0.2, -0.15) is 0 Å². The molecule has 7 heteroatoms. The van der Waals surface area contributed by atoms with Crippen molar-refractivity contribution in [2.45, 2.75) is 56.7 Å². The molecule has 0 spiro atoms. The molecule has 25 heavy (non-hydrogen) atoms. The van der Waals surface area contributed by atoms with Crippen molar-refractivity contribution in [2.75, 3.05) is 11.9 Å². The highest BCUT2D eigenvalue weighted by Crippen LogP contribution is 2.25. The second-order valence-electron chi connectivity index (χ2n) is 6.39. The fourth-order valence-electron chi connectivity index (χ4n) is 2.74. The molecule has 6 nitrogen and oxygen atoms in total. The van der Waals surface area contributed by atoms with E-state index in [2.05, 4.69) is 20.1 Å². The molecule has 0 aliphatic carbocycles. The van der Waals surface area contributed by atoms with E-state index in [1.165, 1.54) is 11.8 Å². The van der Waals surface area contributed by atoms with Crippen LogP contribution in [0.2, 0.25) is 0 Å². The predicted molar refractivity (Wildman–Crippen MR) is 98.9 cm³/mol. The Morgan fingerprint density at radius 2 is 2.12 bits per heavy atom. The van der Waals surface area contributed by atoms with Crippen molar-refractivity contribution < 1.29 is 9.53 Å². The van der Waals surface area contributed by atoms with Gasteiger partial charge in [-0.15, -0.1) is 10.2 Å². The van der Waals surface area contributed by atoms with E-state index >= 15 is 0 Å². The normalized spacial score (nSPS) is 18.3. The summed E-state index contributed by atoms with van der Waals surface area (Å²) in [5, 5.41) is 11.8. The third kappa shape index (κ3) is 4.61. The molecule has 1 aromatic heterocycles. The molecular weight excluding hydrogens is 336 g/mol. The number of carbonyl (C=O) groups is 1. The maximum absolute atomic E-state index is 12.5. The molecule has 134 valence electrons. The van der Waals surface area contributed by atoms with Gasteiger partial charge in [0.1, 0.15) is 5.82 Å². The van der Waals surface area contributed by atoms with Gasteiger partial charge in [-0.1, -0.05) is 29.5 Å². The lowest BCUT2D eigenvalue weighted by atomic mass is 10.2. The molecule has 1 fully saturated rings. The second kappa shape index (κ2) is 8.01. The molecule has 0 saturated carbocycles. The van der Waals surface area contributed by atoms with Crippen molar-refractivity contribution in [3.05, 3.63) is 35.7 Å². The van der Waals surface area contributed by atoms with Gasteiger partial charge < -0.3 is 14.6 Å². The first-order valence-corrected chi connectivity index (χ1v) is 9.46. The summed E-state index contributed by atoms with van der Waals surface area (Å²) in [5.41, 5.74) is 1.97. The standard InChI is InChI=1S/C18H24N4O2S/c1-12-6-8-15(9-7-12)19-17(23)13(2)25-18-21-20-14(3)22(18)11-16-5-4-10-24-16/h6-9,13,16H,4-5,10-11H2,1-3H3,(H,19,23)/t13-,16+/m0/s1. The fraction of sp³-hybridized carbons (Fsp3) is 0.500. The van der Waals surface area contributed by atoms with Crippen molar-refractivity contribution in [3.63, 3.8) is 0 Å². The quantitative estimate of drug-likeness (QED) is 0.801. The summed E-state index contributed by atoms with van der Waals surface area (Å²) < 4.78 is 7.76. The van der Waals surface area contributed by atoms with Crippen molar-refractivity contribution in [2.24, 2.45) is 0 Å². The van der Waals surface area contributed by atoms with Crippen LogP contribution in [0.4, 0.5) is 5.69 Å². The lowest BCUT2D eigenvalue weighted by Gasteiger charge is -2.15. The van der Waals surface area contributed by atoms with Gasteiger partial charge in [0.05, 0.1) is 17.9 Å². The van der Waals surface area contributed by atoms with E-state index in [-0.39, 0.29) is 17.3 Å². The van der Waals surface area contributed by atoms with Crippen LogP contribution in [0.15, 0.2) is 29.4 Å². The number of aryl methyl sites for hydroxylation is 2. The number of benzene rings is 1. The number of amides is 1. The van der Waals surface area contributed by atoms with Gasteiger partial charge in [0.2, 0.25) is 5.91 Å². The van der Waals surface area contributed by atoms with Crippen LogP contribution < -0.4 is 5.32 Å². The van der Waals surface area contributed by atoms with E-state index in [4.69, 9.17) is 4.74 Å². The summed E-state index contributed by atoms with van der Waals surface area (Å²) in [6, 6.07) is 7.79. The maximum Gasteiger partial charge on any atom is 0.237 e. The van der Waals surface area contributed by atoms with Crippen LogP contribution >= 0.6 is 11.8 Å². The molecule has 1 amide bonds. The molecule has 0 radical (unpaired) electrons. The van der Waals surface area contributed by atoms with Gasteiger partial charge in [-0.05, 0) is 45.7 Å². The van der Waals surface area contributed by atoms with Crippen LogP contribution in [-0.2, 0) is 16.1 Å². The van der Waals surface area contributed by atoms with Crippen LogP contribution in [0, 0.1) is 13.8 Å². The Labute approximate surface area is 152 Å². The molecule has 0 unspecified atom stereocenters. The Kier molecular flexibility index (Phi) is 5.75. The number of hydrogen-bond acceptors (Lipinski definition) is 5. The molecule has 2 atom stereocenters. The number of anilines is 1. The molecule has 1 aliphatic heterocycles. The van der Waals surface area contributed by atoms with E-state index in [9.17, 15) is 4.79 Å². The van der Waals surface area contributed by atoms with Crippen molar-refractivity contribution >= 4 is 23.4 Å². The van der Waals surface area contributed by atoms with Crippen LogP contribution in [0.25, 0.3) is 0 Å². The maximum atomic E-state index is 12.5. The van der Waals surface area contributed by atoms with Crippen LogP contribution in [0.5, 0.6) is 0 Å². The SMILES string of the molecule is Cc1ccc(NC(=O)[C@H](C)Sc2nnc(C)n2C[C@H]2CCCO2)cc1. The van der Waals surface area contributed by atoms with Crippen LogP contribution in [0.1, 0.15) is 31.2 Å². The zero-order valence-corrected chi connectivity index (χ0v) is 15.7. The van der Waals surface area contributed by atoms with Gasteiger partial charge >= 0.3 is 0 Å². The summed E-state index contributed by atoms with van der Waals surface area (Å²) in [6.07, 6.45) is 2.38. The summed E-state index contributed by atoms with van der Waals surface area (Å²) in [5.74, 6) is 0.808. The second-order valence-corrected chi connectivity index (χ2v) is 7.70. The minimum absolute atomic E-state index is 0.0434. The highest BCUT2D eigenvalue weighted by Gasteiger charge is 2.22. The number of ether oxygens (including phenoxy) is 1. The van der Waals surface area contributed by atoms with E-state index in [0.29, 0.717) is 0 Å². The smallest absolute Gasteiger partial charge is 0.237 e. The number of carbonyl (C=O) groups excluding carboxylic acids is 1. The minimum Gasteiger partial charge on any atom is -0.376 e. The van der Waals surface area contributed by atoms with Crippen molar-refractivity contribution in [3.8, 4) is 0 Å². The predicted octanol–water partition coefficient (Wildman–Crippen LogP) is 3.19. The Morgan fingerprint density at radius 1 is 1.36 bits per heavy atom. The lowest BCUT2D eigenvalue weighted by molar-refractivity contribution is -0.115. The minimum atomic E-state index is -0.270. The zero-order chi connectivity index (χ0) is 17.8. The average molecular weight is 360 g/mol. The monoisotopic (exact) mass is 360 g/mol. The molecule has 3 rings (SSSR count). The van der Waals surface area contributed by atoms with E-state index in [0.717, 1.165) is 48.2 Å². The molecular formula is C18H24N4O2S. The van der Waals surface area contributed by atoms with E-state index in [1.807, 2.05) is 45.0 Å². The van der Waals surface area contributed by atoms with Gasteiger partial charge in [0, 0.05) is 12.3 Å². The zero-order valence-electron chi connectivity index (χ0n) is 14.9. The lowest BCUT2D eigenvalue weighted by Crippen LogP contribution is -2.23. The van der Waals surface area contributed by atoms with Gasteiger partial charge in [0.15, 0.2) is 5.16 Å². The largest absolute Gasteiger partial charge is 0.376 e. The number of thioether (sulfide) groups is 1. The average Bonchev–Trinajstić information content (AvgIpc) is 3.22. The van der Waals surface area contributed by atoms with Gasteiger partial charge in [-0.25, -0.2) is 0 Å². The van der Waals surface area contributed by atoms with E-state index in [1.54, 1.807) is 0 Å². The highest BCUT2D eigenvalue weighted by atomic mass is 32.2. The summed E-state index contributed by atoms with van der Waals surface area (Å²) in [6.45, 7) is 7.40. The molecule has 0 bridgehead atoms. The van der Waals surface area contributed by atoms with Gasteiger partial charge in [0.25, 0.3) is 0 Å². The first kappa shape index (κ1) is 17.9. The van der Waals surface area contributed by atoms with Crippen LogP contribution in [-0.4, -0.2) is 38.6 Å².